The summed E-state index contributed by atoms with van der Waals surface area (Å²) in [5.74, 6) is 1.77. The normalized spacial score (nSPS) is 10.2. The maximum Gasteiger partial charge on any atom is 0.335 e. The van der Waals surface area contributed by atoms with Crippen molar-refractivity contribution < 1.29 is 29.6 Å². The molecule has 0 atom stereocenters. The third-order valence-electron chi connectivity index (χ3n) is 5.26. The second-order valence-electron chi connectivity index (χ2n) is 7.17. The van der Waals surface area contributed by atoms with Crippen LogP contribution in [0, 0.1) is 0 Å². The number of hydrogen-bond donors (Lipinski definition) is 1. The lowest BCUT2D eigenvalue weighted by Gasteiger charge is -2.16. The molecule has 0 aromatic heterocycles. The van der Waals surface area contributed by atoms with Crippen LogP contribution in [0.5, 0.6) is 23.0 Å². The number of rotatable bonds is 7. The predicted molar refractivity (Wildman–Crippen MR) is 129 cm³/mol. The molecule has 0 heterocycles. The van der Waals surface area contributed by atoms with Gasteiger partial charge in [-0.3, -0.25) is 0 Å². The quantitative estimate of drug-likeness (QED) is 0.375. The van der Waals surface area contributed by atoms with Crippen LogP contribution in [-0.2, 0) is 4.79 Å². The van der Waals surface area contributed by atoms with E-state index >= 15 is 0 Å². The standard InChI is InChI=1S/C27H22O5.H2O/c1-17(27(28)29)18-4-11-22(12-5-18)32-26-24(19-6-9-21(30-2)10-7-19)14-8-20-16-23(31-3)13-15-25(20)26;/h4-16H,1H2,2-3H3,(H,28,29);1H2. The van der Waals surface area contributed by atoms with E-state index in [1.165, 1.54) is 0 Å². The van der Waals surface area contributed by atoms with Crippen LogP contribution < -0.4 is 14.2 Å². The first kappa shape index (κ1) is 23.4. The van der Waals surface area contributed by atoms with E-state index < -0.39 is 5.97 Å². The van der Waals surface area contributed by atoms with Gasteiger partial charge >= 0.3 is 5.97 Å². The number of hydrogen-bond acceptors (Lipinski definition) is 4. The zero-order valence-electron chi connectivity index (χ0n) is 18.3. The van der Waals surface area contributed by atoms with Gasteiger partial charge < -0.3 is 24.8 Å². The number of carboxylic acids is 1. The lowest BCUT2D eigenvalue weighted by Crippen LogP contribution is -1.97. The van der Waals surface area contributed by atoms with Gasteiger partial charge in [-0.2, -0.15) is 0 Å². The van der Waals surface area contributed by atoms with E-state index in [0.717, 1.165) is 33.4 Å². The molecule has 0 fully saturated rings. The van der Waals surface area contributed by atoms with E-state index in [-0.39, 0.29) is 11.0 Å². The number of benzene rings is 4. The van der Waals surface area contributed by atoms with Gasteiger partial charge in [-0.15, -0.1) is 0 Å². The summed E-state index contributed by atoms with van der Waals surface area (Å²) < 4.78 is 17.0. The molecule has 33 heavy (non-hydrogen) atoms. The molecular formula is C27H24O6. The van der Waals surface area contributed by atoms with Gasteiger partial charge in [-0.05, 0) is 65.0 Å². The SMILES string of the molecule is C=C(C(=O)O)c1ccc(Oc2c(-c3ccc(OC)cc3)ccc3cc(OC)ccc23)cc1.O. The van der Waals surface area contributed by atoms with Crippen LogP contribution in [0.2, 0.25) is 0 Å². The predicted octanol–water partition coefficient (Wildman–Crippen LogP) is 5.59. The molecular weight excluding hydrogens is 420 g/mol. The minimum atomic E-state index is -1.05. The molecule has 168 valence electrons. The van der Waals surface area contributed by atoms with Gasteiger partial charge in [0.25, 0.3) is 0 Å². The number of carbonyl (C=O) groups is 1. The van der Waals surface area contributed by atoms with E-state index in [9.17, 15) is 4.79 Å². The van der Waals surface area contributed by atoms with Gasteiger partial charge in [0.05, 0.1) is 19.8 Å². The van der Waals surface area contributed by atoms with E-state index in [0.29, 0.717) is 17.1 Å². The molecule has 0 aliphatic carbocycles. The highest BCUT2D eigenvalue weighted by Crippen LogP contribution is 2.41. The van der Waals surface area contributed by atoms with Crippen LogP contribution >= 0.6 is 0 Å². The molecule has 6 heteroatoms. The Labute approximate surface area is 191 Å². The molecule has 0 unspecified atom stereocenters. The van der Waals surface area contributed by atoms with Crippen LogP contribution in [0.3, 0.4) is 0 Å². The Balaban J connectivity index is 0.00000306. The lowest BCUT2D eigenvalue weighted by molar-refractivity contribution is -0.130. The van der Waals surface area contributed by atoms with E-state index in [1.54, 1.807) is 38.5 Å². The Morgan fingerprint density at radius 3 is 2.00 bits per heavy atom. The van der Waals surface area contributed by atoms with Gasteiger partial charge in [-0.25, -0.2) is 4.79 Å². The van der Waals surface area contributed by atoms with Gasteiger partial charge in [0.15, 0.2) is 0 Å². The van der Waals surface area contributed by atoms with Crippen molar-refractivity contribution in [1.29, 1.82) is 0 Å². The number of ether oxygens (including phenoxy) is 3. The summed E-state index contributed by atoms with van der Waals surface area (Å²) >= 11 is 0. The first-order chi connectivity index (χ1) is 15.5. The Kier molecular flexibility index (Phi) is 7.00. The zero-order valence-corrected chi connectivity index (χ0v) is 18.3. The topological polar surface area (TPSA) is 96.5 Å². The molecule has 0 aliphatic rings. The van der Waals surface area contributed by atoms with E-state index in [4.69, 9.17) is 19.3 Å². The fourth-order valence-electron chi connectivity index (χ4n) is 3.48. The highest BCUT2D eigenvalue weighted by molar-refractivity contribution is 6.14. The van der Waals surface area contributed by atoms with Crippen LogP contribution in [0.25, 0.3) is 27.5 Å². The molecule has 0 saturated heterocycles. The smallest absolute Gasteiger partial charge is 0.335 e. The minimum Gasteiger partial charge on any atom is -0.497 e. The molecule has 4 aromatic rings. The molecule has 0 saturated carbocycles. The Hall–Kier alpha value is -4.29. The van der Waals surface area contributed by atoms with Gasteiger partial charge in [0.1, 0.15) is 23.0 Å². The summed E-state index contributed by atoms with van der Waals surface area (Å²) in [7, 11) is 3.27. The molecule has 0 spiro atoms. The fraction of sp³-hybridized carbons (Fsp3) is 0.0741. The third kappa shape index (κ3) is 4.81. The number of methoxy groups -OCH3 is 2. The van der Waals surface area contributed by atoms with Crippen molar-refractivity contribution in [1.82, 2.24) is 0 Å². The highest BCUT2D eigenvalue weighted by Gasteiger charge is 2.14. The van der Waals surface area contributed by atoms with Gasteiger partial charge in [0, 0.05) is 10.9 Å². The summed E-state index contributed by atoms with van der Waals surface area (Å²) in [5, 5.41) is 11.1. The molecule has 0 bridgehead atoms. The molecule has 3 N–H and O–H groups in total. The Morgan fingerprint density at radius 2 is 1.39 bits per heavy atom. The number of fused-ring (bicyclic) bond motifs is 1. The maximum atomic E-state index is 11.2. The average molecular weight is 444 g/mol. The minimum absolute atomic E-state index is 0. The number of aliphatic carboxylic acids is 1. The van der Waals surface area contributed by atoms with Crippen LogP contribution in [0.1, 0.15) is 5.56 Å². The second kappa shape index (κ2) is 9.89. The molecule has 0 radical (unpaired) electrons. The average Bonchev–Trinajstić information content (AvgIpc) is 2.84. The third-order valence-corrected chi connectivity index (χ3v) is 5.26. The monoisotopic (exact) mass is 444 g/mol. The largest absolute Gasteiger partial charge is 0.497 e. The van der Waals surface area contributed by atoms with Crippen molar-refractivity contribution >= 4 is 22.3 Å². The van der Waals surface area contributed by atoms with Crippen molar-refractivity contribution in [3.05, 3.63) is 91.0 Å². The van der Waals surface area contributed by atoms with Crippen LogP contribution in [-0.4, -0.2) is 30.8 Å². The van der Waals surface area contributed by atoms with E-state index in [2.05, 4.69) is 6.58 Å². The summed E-state index contributed by atoms with van der Waals surface area (Å²) in [6.07, 6.45) is 0. The first-order valence-corrected chi connectivity index (χ1v) is 9.96. The van der Waals surface area contributed by atoms with Crippen LogP contribution in [0.4, 0.5) is 0 Å². The van der Waals surface area contributed by atoms with Crippen molar-refractivity contribution in [2.45, 2.75) is 0 Å². The molecule has 4 rings (SSSR count). The lowest BCUT2D eigenvalue weighted by atomic mass is 9.99. The summed E-state index contributed by atoms with van der Waals surface area (Å²) in [5.41, 5.74) is 2.47. The maximum absolute atomic E-state index is 11.2. The summed E-state index contributed by atoms with van der Waals surface area (Å²) in [6, 6.07) is 24.5. The number of carboxylic acid groups (broad SMARTS) is 1. The highest BCUT2D eigenvalue weighted by atomic mass is 16.5. The van der Waals surface area contributed by atoms with Crippen molar-refractivity contribution in [2.75, 3.05) is 14.2 Å². The summed E-state index contributed by atoms with van der Waals surface area (Å²) in [6.45, 7) is 3.60. The van der Waals surface area contributed by atoms with Crippen LogP contribution in [0.15, 0.2) is 85.4 Å². The second-order valence-corrected chi connectivity index (χ2v) is 7.17. The molecule has 0 amide bonds. The Morgan fingerprint density at radius 1 is 0.788 bits per heavy atom. The van der Waals surface area contributed by atoms with Gasteiger partial charge in [-0.1, -0.05) is 36.9 Å². The molecule has 6 nitrogen and oxygen atoms in total. The Bertz CT molecular complexity index is 1290. The zero-order chi connectivity index (χ0) is 22.7. The van der Waals surface area contributed by atoms with E-state index in [1.807, 2.05) is 54.6 Å². The van der Waals surface area contributed by atoms with Crippen molar-refractivity contribution in [3.63, 3.8) is 0 Å². The van der Waals surface area contributed by atoms with Crippen molar-refractivity contribution in [3.8, 4) is 34.1 Å². The molecule has 4 aromatic carbocycles. The molecule has 0 aliphatic heterocycles. The summed E-state index contributed by atoms with van der Waals surface area (Å²) in [4.78, 5) is 11.2. The van der Waals surface area contributed by atoms with Crippen molar-refractivity contribution in [2.24, 2.45) is 0 Å². The first-order valence-electron chi connectivity index (χ1n) is 9.96. The van der Waals surface area contributed by atoms with Gasteiger partial charge in [0.2, 0.25) is 0 Å². The fourth-order valence-corrected chi connectivity index (χ4v) is 3.48.